The molecule has 2 aromatic rings. The van der Waals surface area contributed by atoms with Gasteiger partial charge in [-0.3, -0.25) is 4.79 Å². The number of nitrogens with zero attached hydrogens (tertiary/aromatic N) is 1. The van der Waals surface area contributed by atoms with Gasteiger partial charge in [0, 0.05) is 24.0 Å². The molecular formula is C13H16N2O. The van der Waals surface area contributed by atoms with Crippen LogP contribution in [0.5, 0.6) is 0 Å². The van der Waals surface area contributed by atoms with E-state index in [1.54, 1.807) is 4.57 Å². The molecule has 0 spiro atoms. The highest BCUT2D eigenvalue weighted by atomic mass is 16.1. The number of hydrogen-bond donors (Lipinski definition) is 1. The molecule has 0 saturated heterocycles. The second-order valence-corrected chi connectivity index (χ2v) is 3.87. The average molecular weight is 216 g/mol. The number of aryl methyl sites for hydroxylation is 2. The Morgan fingerprint density at radius 3 is 2.62 bits per heavy atom. The number of fused-ring (bicyclic) bond motifs is 1. The van der Waals surface area contributed by atoms with E-state index in [1.165, 1.54) is 0 Å². The van der Waals surface area contributed by atoms with Gasteiger partial charge in [-0.2, -0.15) is 0 Å². The molecule has 0 aliphatic heterocycles. The second-order valence-electron chi connectivity index (χ2n) is 3.87. The van der Waals surface area contributed by atoms with E-state index in [4.69, 9.17) is 5.73 Å². The summed E-state index contributed by atoms with van der Waals surface area (Å²) in [6, 6.07) is 7.96. The predicted molar refractivity (Wildman–Crippen MR) is 66.5 cm³/mol. The van der Waals surface area contributed by atoms with Gasteiger partial charge in [0.15, 0.2) is 0 Å². The molecule has 0 saturated carbocycles. The van der Waals surface area contributed by atoms with Crippen LogP contribution >= 0.6 is 0 Å². The summed E-state index contributed by atoms with van der Waals surface area (Å²) in [7, 11) is 0. The highest BCUT2D eigenvalue weighted by Gasteiger charge is 2.10. The van der Waals surface area contributed by atoms with Gasteiger partial charge in [-0.25, -0.2) is 0 Å². The van der Waals surface area contributed by atoms with E-state index in [0.29, 0.717) is 13.1 Å². The minimum atomic E-state index is 0.0428. The Labute approximate surface area is 94.5 Å². The zero-order chi connectivity index (χ0) is 11.7. The Kier molecular flexibility index (Phi) is 2.79. The van der Waals surface area contributed by atoms with Crippen LogP contribution in [-0.2, 0) is 13.1 Å². The summed E-state index contributed by atoms with van der Waals surface area (Å²) in [5.41, 5.74) is 8.42. The van der Waals surface area contributed by atoms with Crippen molar-refractivity contribution in [3.05, 3.63) is 45.7 Å². The third kappa shape index (κ3) is 1.44. The van der Waals surface area contributed by atoms with Crippen molar-refractivity contribution in [2.24, 2.45) is 5.73 Å². The molecule has 2 N–H and O–H groups in total. The number of pyridine rings is 1. The smallest absolute Gasteiger partial charge is 0.255 e. The quantitative estimate of drug-likeness (QED) is 0.832. The fourth-order valence-electron chi connectivity index (χ4n) is 2.18. The summed E-state index contributed by atoms with van der Waals surface area (Å²) >= 11 is 0. The first-order chi connectivity index (χ1) is 7.70. The lowest BCUT2D eigenvalue weighted by Crippen LogP contribution is -2.26. The SMILES string of the molecule is CCn1c(=O)c(CN)c(C)c2ccccc21. The van der Waals surface area contributed by atoms with Crippen molar-refractivity contribution in [2.45, 2.75) is 26.9 Å². The van der Waals surface area contributed by atoms with Crippen LogP contribution in [0, 0.1) is 6.92 Å². The Balaban J connectivity index is 3.00. The molecule has 84 valence electrons. The fourth-order valence-corrected chi connectivity index (χ4v) is 2.18. The van der Waals surface area contributed by atoms with Gasteiger partial charge in [-0.15, -0.1) is 0 Å². The van der Waals surface area contributed by atoms with E-state index in [1.807, 2.05) is 38.1 Å². The van der Waals surface area contributed by atoms with Gasteiger partial charge in [-0.05, 0) is 25.5 Å². The van der Waals surface area contributed by atoms with Crippen LogP contribution in [0.15, 0.2) is 29.1 Å². The van der Waals surface area contributed by atoms with E-state index in [0.717, 1.165) is 22.0 Å². The maximum absolute atomic E-state index is 12.1. The van der Waals surface area contributed by atoms with Crippen molar-refractivity contribution >= 4 is 10.9 Å². The Bertz CT molecular complexity index is 584. The Morgan fingerprint density at radius 1 is 1.31 bits per heavy atom. The summed E-state index contributed by atoms with van der Waals surface area (Å²) in [4.78, 5) is 12.1. The van der Waals surface area contributed by atoms with Gasteiger partial charge in [0.1, 0.15) is 0 Å². The Hall–Kier alpha value is -1.61. The number of para-hydroxylation sites is 1. The molecule has 0 bridgehead atoms. The second kappa shape index (κ2) is 4.10. The van der Waals surface area contributed by atoms with Crippen LogP contribution in [0.2, 0.25) is 0 Å². The third-order valence-corrected chi connectivity index (χ3v) is 3.08. The number of hydrogen-bond acceptors (Lipinski definition) is 2. The van der Waals surface area contributed by atoms with Crippen LogP contribution in [0.1, 0.15) is 18.1 Å². The van der Waals surface area contributed by atoms with Crippen LogP contribution < -0.4 is 11.3 Å². The zero-order valence-electron chi connectivity index (χ0n) is 9.66. The topological polar surface area (TPSA) is 48.0 Å². The van der Waals surface area contributed by atoms with E-state index < -0.39 is 0 Å². The van der Waals surface area contributed by atoms with Gasteiger partial charge in [0.25, 0.3) is 5.56 Å². The molecule has 3 nitrogen and oxygen atoms in total. The van der Waals surface area contributed by atoms with Crippen LogP contribution in [0.25, 0.3) is 10.9 Å². The van der Waals surface area contributed by atoms with E-state index in [2.05, 4.69) is 0 Å². The number of benzene rings is 1. The zero-order valence-corrected chi connectivity index (χ0v) is 9.66. The Morgan fingerprint density at radius 2 is 2.00 bits per heavy atom. The van der Waals surface area contributed by atoms with Gasteiger partial charge < -0.3 is 10.3 Å². The molecule has 1 aromatic heterocycles. The molecule has 1 aromatic carbocycles. The highest BCUT2D eigenvalue weighted by Crippen LogP contribution is 2.18. The maximum Gasteiger partial charge on any atom is 0.255 e. The minimum absolute atomic E-state index is 0.0428. The monoisotopic (exact) mass is 216 g/mol. The molecule has 0 fully saturated rings. The lowest BCUT2D eigenvalue weighted by molar-refractivity contribution is 0.743. The molecule has 1 heterocycles. The van der Waals surface area contributed by atoms with Crippen molar-refractivity contribution in [3.8, 4) is 0 Å². The fraction of sp³-hybridized carbons (Fsp3) is 0.308. The standard InChI is InChI=1S/C13H16N2O/c1-3-15-12-7-5-4-6-10(12)9(2)11(8-14)13(15)16/h4-7H,3,8,14H2,1-2H3. The minimum Gasteiger partial charge on any atom is -0.326 e. The molecule has 0 aliphatic rings. The molecule has 0 unspecified atom stereocenters. The predicted octanol–water partition coefficient (Wildman–Crippen LogP) is 1.79. The first kappa shape index (κ1) is 10.9. The van der Waals surface area contributed by atoms with E-state index >= 15 is 0 Å². The normalized spacial score (nSPS) is 10.9. The van der Waals surface area contributed by atoms with E-state index in [9.17, 15) is 4.79 Å². The van der Waals surface area contributed by atoms with Gasteiger partial charge in [-0.1, -0.05) is 18.2 Å². The van der Waals surface area contributed by atoms with Crippen LogP contribution in [-0.4, -0.2) is 4.57 Å². The molecule has 0 atom stereocenters. The number of rotatable bonds is 2. The lowest BCUT2D eigenvalue weighted by atomic mass is 10.0. The molecule has 3 heteroatoms. The first-order valence-electron chi connectivity index (χ1n) is 5.51. The van der Waals surface area contributed by atoms with Crippen molar-refractivity contribution in [1.29, 1.82) is 0 Å². The molecule has 2 rings (SSSR count). The summed E-state index contributed by atoms with van der Waals surface area (Å²) in [5.74, 6) is 0. The molecule has 16 heavy (non-hydrogen) atoms. The van der Waals surface area contributed by atoms with Gasteiger partial charge >= 0.3 is 0 Å². The van der Waals surface area contributed by atoms with Crippen molar-refractivity contribution in [3.63, 3.8) is 0 Å². The average Bonchev–Trinajstić information content (AvgIpc) is 2.30. The lowest BCUT2D eigenvalue weighted by Gasteiger charge is -2.13. The van der Waals surface area contributed by atoms with Gasteiger partial charge in [0.05, 0.1) is 5.52 Å². The van der Waals surface area contributed by atoms with E-state index in [-0.39, 0.29) is 5.56 Å². The number of nitrogens with two attached hydrogens (primary N) is 1. The molecule has 0 amide bonds. The first-order valence-corrected chi connectivity index (χ1v) is 5.51. The summed E-state index contributed by atoms with van der Waals surface area (Å²) in [6.45, 7) is 4.91. The van der Waals surface area contributed by atoms with Gasteiger partial charge in [0.2, 0.25) is 0 Å². The van der Waals surface area contributed by atoms with Crippen molar-refractivity contribution in [1.82, 2.24) is 4.57 Å². The maximum atomic E-state index is 12.1. The molecular weight excluding hydrogens is 200 g/mol. The summed E-state index contributed by atoms with van der Waals surface area (Å²) < 4.78 is 1.78. The van der Waals surface area contributed by atoms with Crippen LogP contribution in [0.4, 0.5) is 0 Å². The highest BCUT2D eigenvalue weighted by molar-refractivity contribution is 5.83. The summed E-state index contributed by atoms with van der Waals surface area (Å²) in [5, 5.41) is 1.12. The largest absolute Gasteiger partial charge is 0.326 e. The molecule has 0 aliphatic carbocycles. The van der Waals surface area contributed by atoms with Crippen molar-refractivity contribution in [2.75, 3.05) is 0 Å². The molecule has 0 radical (unpaired) electrons. The van der Waals surface area contributed by atoms with Crippen LogP contribution in [0.3, 0.4) is 0 Å². The summed E-state index contributed by atoms with van der Waals surface area (Å²) in [6.07, 6.45) is 0. The number of aromatic nitrogens is 1. The van der Waals surface area contributed by atoms with Crippen molar-refractivity contribution < 1.29 is 0 Å². The third-order valence-electron chi connectivity index (χ3n) is 3.08.